The van der Waals surface area contributed by atoms with E-state index in [1.165, 1.54) is 0 Å². The Morgan fingerprint density at radius 3 is 1.98 bits per heavy atom. The molecule has 2 unspecified atom stereocenters. The fourth-order valence-electron chi connectivity index (χ4n) is 7.30. The van der Waals surface area contributed by atoms with Crippen LogP contribution in [0.4, 0.5) is 0 Å². The highest BCUT2D eigenvalue weighted by Crippen LogP contribution is 2.48. The van der Waals surface area contributed by atoms with Crippen LogP contribution in [0, 0.1) is 16.2 Å². The summed E-state index contributed by atoms with van der Waals surface area (Å²) in [5.41, 5.74) is 3.67. The Balaban J connectivity index is 1.91. The van der Waals surface area contributed by atoms with Crippen molar-refractivity contribution in [3.63, 3.8) is 0 Å². The number of hydrogen-bond acceptors (Lipinski definition) is 8. The molecule has 0 aromatic heterocycles. The number of carbonyl (C=O) groups is 2. The van der Waals surface area contributed by atoms with Gasteiger partial charge in [-0.3, -0.25) is 9.98 Å². The number of allylic oxidation sites excluding steroid dienone is 4. The van der Waals surface area contributed by atoms with Gasteiger partial charge in [-0.05, 0) is 118 Å². The van der Waals surface area contributed by atoms with E-state index in [1.54, 1.807) is 20.8 Å². The monoisotopic (exact) mass is 650 g/mol. The van der Waals surface area contributed by atoms with Crippen LogP contribution in [0.3, 0.4) is 0 Å². The number of rotatable bonds is 10. The first-order valence-corrected chi connectivity index (χ1v) is 17.3. The van der Waals surface area contributed by atoms with E-state index < -0.39 is 17.4 Å². The lowest BCUT2D eigenvalue weighted by Crippen LogP contribution is -2.40. The van der Waals surface area contributed by atoms with Crippen molar-refractivity contribution in [2.24, 2.45) is 26.2 Å². The lowest BCUT2D eigenvalue weighted by Gasteiger charge is -2.45. The van der Waals surface area contributed by atoms with Crippen LogP contribution in [0.25, 0.3) is 0 Å². The molecule has 0 spiro atoms. The van der Waals surface area contributed by atoms with Crippen LogP contribution < -0.4 is 0 Å². The Morgan fingerprint density at radius 2 is 1.43 bits per heavy atom. The molecule has 8 heteroatoms. The Bertz CT molecular complexity index is 1410. The van der Waals surface area contributed by atoms with Gasteiger partial charge in [0.25, 0.3) is 0 Å². The molecule has 0 aromatic rings. The first kappa shape index (κ1) is 38.0. The van der Waals surface area contributed by atoms with Gasteiger partial charge in [-0.1, -0.05) is 48.1 Å². The van der Waals surface area contributed by atoms with Crippen molar-refractivity contribution in [2.75, 3.05) is 19.8 Å². The summed E-state index contributed by atoms with van der Waals surface area (Å²) in [6.07, 6.45) is 11.4. The number of esters is 2. The largest absolute Gasteiger partial charge is 0.511 e. The van der Waals surface area contributed by atoms with Crippen LogP contribution >= 0.6 is 0 Å². The molecule has 3 rings (SSSR count). The van der Waals surface area contributed by atoms with Crippen molar-refractivity contribution >= 4 is 23.4 Å². The van der Waals surface area contributed by atoms with E-state index in [0.717, 1.165) is 67.5 Å². The highest BCUT2D eigenvalue weighted by Gasteiger charge is 2.41. The smallest absolute Gasteiger partial charge is 0.342 e. The summed E-state index contributed by atoms with van der Waals surface area (Å²) in [6.45, 7) is 22.7. The minimum atomic E-state index is -0.592. The number of hydrogen-bond donors (Lipinski definition) is 2. The van der Waals surface area contributed by atoms with E-state index in [-0.39, 0.29) is 52.8 Å². The summed E-state index contributed by atoms with van der Waals surface area (Å²) < 4.78 is 10.6. The van der Waals surface area contributed by atoms with Crippen molar-refractivity contribution < 1.29 is 29.3 Å². The fourth-order valence-corrected chi connectivity index (χ4v) is 7.30. The molecular weight excluding hydrogens is 592 g/mol. The predicted octanol–water partition coefficient (Wildman–Crippen LogP) is 9.05. The third-order valence-electron chi connectivity index (χ3n) is 9.06. The molecule has 2 atom stereocenters. The number of nitrogens with zero attached hydrogens (tertiary/aromatic N) is 2. The van der Waals surface area contributed by atoms with Crippen molar-refractivity contribution in [1.29, 1.82) is 0 Å². The molecule has 0 aromatic carbocycles. The summed E-state index contributed by atoms with van der Waals surface area (Å²) in [4.78, 5) is 36.2. The van der Waals surface area contributed by atoms with Gasteiger partial charge in [0.05, 0.1) is 19.3 Å². The fraction of sp³-hybridized carbons (Fsp3) is 0.641. The summed E-state index contributed by atoms with van der Waals surface area (Å²) in [6, 6.07) is 0.0962. The molecule has 2 N–H and O–H groups in total. The average molecular weight is 651 g/mol. The van der Waals surface area contributed by atoms with Gasteiger partial charge in [-0.2, -0.15) is 0 Å². The standard InChI is InChI=1S/C39H58N2O6/c1-11-46-35(44)31(33(42)25(3)4)26-15-14-18-29(20-26)41-30-21-38(8,9)23-39(10,22-30)24-40-28-17-13-16-27(19-28)32(36(45)47-12-2)34(43)37(5,6)7/h19-20,30,42-43H,3,11-18,21-24H2,1-2,4-10H3. The highest BCUT2D eigenvalue weighted by atomic mass is 16.5. The second-order valence-corrected chi connectivity index (χ2v) is 15.6. The lowest BCUT2D eigenvalue weighted by molar-refractivity contribution is -0.139. The highest BCUT2D eigenvalue weighted by molar-refractivity contribution is 6.03. The van der Waals surface area contributed by atoms with E-state index in [4.69, 9.17) is 19.5 Å². The number of aliphatic imine (C=N–C) groups is 2. The molecule has 0 radical (unpaired) electrons. The van der Waals surface area contributed by atoms with Gasteiger partial charge in [-0.25, -0.2) is 9.59 Å². The normalized spacial score (nSPS) is 26.1. The minimum absolute atomic E-state index is 0.0472. The van der Waals surface area contributed by atoms with Gasteiger partial charge in [0.15, 0.2) is 0 Å². The first-order valence-electron chi connectivity index (χ1n) is 17.3. The molecule has 47 heavy (non-hydrogen) atoms. The molecule has 3 aliphatic rings. The van der Waals surface area contributed by atoms with Gasteiger partial charge in [0.2, 0.25) is 0 Å². The number of ether oxygens (including phenoxy) is 2. The second-order valence-electron chi connectivity index (χ2n) is 15.6. The SMILES string of the molecule is C=C(C)C(O)=C(C(=O)OCC)C1=CC(=NC2CC(C)(C)CC(C)(CN=C3C=C(C(C(=O)OCC)=C(O)C(C)(C)C)CCC3)C2)CCC1. The van der Waals surface area contributed by atoms with E-state index in [0.29, 0.717) is 25.0 Å². The molecule has 0 saturated heterocycles. The number of aliphatic hydroxyl groups is 2. The van der Waals surface area contributed by atoms with Crippen molar-refractivity contribution in [2.45, 2.75) is 126 Å². The zero-order chi connectivity index (χ0) is 35.2. The molecule has 1 fully saturated rings. The van der Waals surface area contributed by atoms with Crippen LogP contribution in [0.1, 0.15) is 120 Å². The maximum Gasteiger partial charge on any atom is 0.342 e. The second kappa shape index (κ2) is 15.7. The van der Waals surface area contributed by atoms with Crippen LogP contribution in [0.15, 0.2) is 68.1 Å². The average Bonchev–Trinajstić information content (AvgIpc) is 2.95. The number of aliphatic hydroxyl groups excluding tert-OH is 2. The molecule has 260 valence electrons. The van der Waals surface area contributed by atoms with E-state index >= 15 is 0 Å². The predicted molar refractivity (Wildman–Crippen MR) is 190 cm³/mol. The van der Waals surface area contributed by atoms with Gasteiger partial charge >= 0.3 is 11.9 Å². The molecule has 8 nitrogen and oxygen atoms in total. The van der Waals surface area contributed by atoms with Crippen molar-refractivity contribution in [3.8, 4) is 0 Å². The summed E-state index contributed by atoms with van der Waals surface area (Å²) in [7, 11) is 0. The van der Waals surface area contributed by atoms with Gasteiger partial charge < -0.3 is 19.7 Å². The van der Waals surface area contributed by atoms with Crippen LogP contribution in [0.2, 0.25) is 0 Å². The summed E-state index contributed by atoms with van der Waals surface area (Å²) in [5, 5.41) is 21.8. The molecule has 0 heterocycles. The first-order chi connectivity index (χ1) is 21.9. The maximum absolute atomic E-state index is 13.0. The van der Waals surface area contributed by atoms with Gasteiger partial charge in [-0.15, -0.1) is 0 Å². The minimum Gasteiger partial charge on any atom is -0.511 e. The third-order valence-corrected chi connectivity index (χ3v) is 9.06. The Hall–Kier alpha value is -3.42. The third kappa shape index (κ3) is 10.3. The topological polar surface area (TPSA) is 118 Å². The van der Waals surface area contributed by atoms with E-state index in [1.807, 2.05) is 32.9 Å². The van der Waals surface area contributed by atoms with Gasteiger partial charge in [0, 0.05) is 23.4 Å². The zero-order valence-corrected chi connectivity index (χ0v) is 30.3. The quantitative estimate of drug-likeness (QED) is 0.105. The molecule has 1 saturated carbocycles. The van der Waals surface area contributed by atoms with E-state index in [9.17, 15) is 19.8 Å². The maximum atomic E-state index is 13.0. The Morgan fingerprint density at radius 1 is 0.894 bits per heavy atom. The zero-order valence-electron chi connectivity index (χ0n) is 30.3. The Labute approximate surface area is 282 Å². The van der Waals surface area contributed by atoms with Crippen LogP contribution in [0.5, 0.6) is 0 Å². The molecule has 0 bridgehead atoms. The van der Waals surface area contributed by atoms with E-state index in [2.05, 4.69) is 27.4 Å². The number of carbonyl (C=O) groups excluding carboxylic acids is 2. The van der Waals surface area contributed by atoms with Crippen molar-refractivity contribution in [3.05, 3.63) is 58.1 Å². The van der Waals surface area contributed by atoms with Gasteiger partial charge in [0.1, 0.15) is 22.7 Å². The molecular formula is C39H58N2O6. The van der Waals surface area contributed by atoms with Crippen LogP contribution in [-0.4, -0.2) is 59.4 Å². The lowest BCUT2D eigenvalue weighted by atomic mass is 9.62. The molecule has 3 aliphatic carbocycles. The molecule has 0 aliphatic heterocycles. The Kier molecular flexibility index (Phi) is 12.7. The molecule has 0 amide bonds. The van der Waals surface area contributed by atoms with Crippen molar-refractivity contribution in [1.82, 2.24) is 0 Å². The van der Waals surface area contributed by atoms with Crippen LogP contribution in [-0.2, 0) is 19.1 Å². The summed E-state index contributed by atoms with van der Waals surface area (Å²) >= 11 is 0. The summed E-state index contributed by atoms with van der Waals surface area (Å²) in [5.74, 6) is -1.11.